The molecule has 2 aromatic carbocycles. The Kier molecular flexibility index (Phi) is 10.7. The monoisotopic (exact) mass is 705 g/mol. The SMILES string of the molecule is CCc1nc2c(cnn2CC)c(NC2CCOCC2)c1CN(Cc1ccc(C)c(-c2cccc(CC3CCN(C)CC3)c2)c1)C(=O)C1(C(N)=O)CC1. The standard InChI is InChI=1S/C42H55N7O3/c1-5-37-36(38(45-33-14-20-52-21-15-33)35-25-44-49(6-2)39(35)46-37)27-48(41(51)42(16-17-42)40(43)50)26-31-11-10-28(3)34(24-31)32-9-7-8-30(23-32)22-29-12-18-47(4)19-13-29/h7-11,23-25,29,33H,5-6,12-22,26-27H2,1-4H3,(H2,43,50)(H,45,46). The van der Waals surface area contributed by atoms with Crippen molar-refractivity contribution in [3.05, 3.63) is 76.6 Å². The lowest BCUT2D eigenvalue weighted by Crippen LogP contribution is -2.43. The third-order valence-electron chi connectivity index (χ3n) is 11.7. The fourth-order valence-corrected chi connectivity index (χ4v) is 8.23. The topological polar surface area (TPSA) is 119 Å². The van der Waals surface area contributed by atoms with Crippen LogP contribution < -0.4 is 11.1 Å². The van der Waals surface area contributed by atoms with E-state index in [-0.39, 0.29) is 11.9 Å². The summed E-state index contributed by atoms with van der Waals surface area (Å²) in [6, 6.07) is 15.7. The lowest BCUT2D eigenvalue weighted by Gasteiger charge is -2.30. The van der Waals surface area contributed by atoms with E-state index < -0.39 is 11.3 Å². The molecular formula is C42H55N7O3. The molecule has 0 atom stereocenters. The molecule has 2 aromatic heterocycles. The van der Waals surface area contributed by atoms with E-state index in [1.165, 1.54) is 29.5 Å². The van der Waals surface area contributed by atoms with Crippen LogP contribution in [0.3, 0.4) is 0 Å². The Bertz CT molecular complexity index is 1920. The first-order chi connectivity index (χ1) is 25.2. The number of aryl methyl sites for hydroxylation is 3. The number of nitrogens with zero attached hydrogens (tertiary/aromatic N) is 5. The van der Waals surface area contributed by atoms with Crippen LogP contribution in [0.15, 0.2) is 48.7 Å². The van der Waals surface area contributed by atoms with Gasteiger partial charge >= 0.3 is 0 Å². The molecule has 52 heavy (non-hydrogen) atoms. The molecule has 3 fully saturated rings. The Balaban J connectivity index is 1.24. The van der Waals surface area contributed by atoms with Crippen LogP contribution in [-0.4, -0.2) is 75.8 Å². The third kappa shape index (κ3) is 7.46. The minimum absolute atomic E-state index is 0.203. The van der Waals surface area contributed by atoms with E-state index in [2.05, 4.69) is 85.6 Å². The second-order valence-electron chi connectivity index (χ2n) is 15.4. The molecule has 4 aromatic rings. The van der Waals surface area contributed by atoms with E-state index in [0.29, 0.717) is 58.0 Å². The number of piperidine rings is 1. The number of nitrogens with one attached hydrogen (secondary N) is 1. The van der Waals surface area contributed by atoms with Crippen LogP contribution in [0, 0.1) is 18.3 Å². The summed E-state index contributed by atoms with van der Waals surface area (Å²) in [6.45, 7) is 11.4. The lowest BCUT2D eigenvalue weighted by molar-refractivity contribution is -0.144. The number of carbonyl (C=O) groups excluding carboxylic acids is 2. The number of hydrogen-bond acceptors (Lipinski definition) is 7. The van der Waals surface area contributed by atoms with Crippen LogP contribution in [0.2, 0.25) is 0 Å². The first kappa shape index (κ1) is 36.1. The molecule has 2 aliphatic heterocycles. The van der Waals surface area contributed by atoms with E-state index >= 15 is 0 Å². The molecule has 0 radical (unpaired) electrons. The minimum Gasteiger partial charge on any atom is -0.381 e. The van der Waals surface area contributed by atoms with Crippen LogP contribution >= 0.6 is 0 Å². The number of likely N-dealkylation sites (tertiary alicyclic amines) is 1. The van der Waals surface area contributed by atoms with Crippen LogP contribution in [0.5, 0.6) is 0 Å². The molecule has 3 N–H and O–H groups in total. The highest BCUT2D eigenvalue weighted by molar-refractivity contribution is 6.07. The van der Waals surface area contributed by atoms with E-state index in [4.69, 9.17) is 15.5 Å². The minimum atomic E-state index is -1.15. The molecule has 2 saturated heterocycles. The Hall–Kier alpha value is -4.28. The van der Waals surface area contributed by atoms with Crippen molar-refractivity contribution < 1.29 is 14.3 Å². The van der Waals surface area contributed by atoms with E-state index in [1.807, 2.05) is 15.8 Å². The zero-order valence-corrected chi connectivity index (χ0v) is 31.4. The van der Waals surface area contributed by atoms with E-state index in [0.717, 1.165) is 71.5 Å². The zero-order valence-electron chi connectivity index (χ0n) is 31.4. The van der Waals surface area contributed by atoms with Gasteiger partial charge in [0, 0.05) is 50.1 Å². The maximum atomic E-state index is 14.5. The van der Waals surface area contributed by atoms with Gasteiger partial charge in [-0.05, 0) is 125 Å². The van der Waals surface area contributed by atoms with E-state index in [9.17, 15) is 9.59 Å². The van der Waals surface area contributed by atoms with Crippen molar-refractivity contribution in [2.24, 2.45) is 17.1 Å². The number of nitrogens with two attached hydrogens (primary N) is 1. The van der Waals surface area contributed by atoms with Gasteiger partial charge in [0.1, 0.15) is 5.41 Å². The maximum absolute atomic E-state index is 14.5. The number of aromatic nitrogens is 3. The van der Waals surface area contributed by atoms with Crippen LogP contribution in [0.1, 0.15) is 80.3 Å². The summed E-state index contributed by atoms with van der Waals surface area (Å²) < 4.78 is 7.61. The van der Waals surface area contributed by atoms with Crippen LogP contribution in [-0.2, 0) is 46.8 Å². The predicted molar refractivity (Wildman–Crippen MR) is 206 cm³/mol. The van der Waals surface area contributed by atoms with Gasteiger partial charge in [-0.2, -0.15) is 5.10 Å². The summed E-state index contributed by atoms with van der Waals surface area (Å²) in [6.07, 6.45) is 8.90. The van der Waals surface area contributed by atoms with Gasteiger partial charge in [0.15, 0.2) is 5.65 Å². The number of hydrogen-bond donors (Lipinski definition) is 2. The van der Waals surface area contributed by atoms with Gasteiger partial charge in [0.25, 0.3) is 0 Å². The average Bonchev–Trinajstić information content (AvgIpc) is 3.88. The fourth-order valence-electron chi connectivity index (χ4n) is 8.23. The first-order valence-corrected chi connectivity index (χ1v) is 19.4. The number of fused-ring (bicyclic) bond motifs is 1. The molecule has 0 spiro atoms. The molecule has 0 bridgehead atoms. The number of carbonyl (C=O) groups is 2. The van der Waals surface area contributed by atoms with Crippen molar-refractivity contribution in [2.75, 3.05) is 38.7 Å². The lowest BCUT2D eigenvalue weighted by atomic mass is 9.89. The Morgan fingerprint density at radius 3 is 2.48 bits per heavy atom. The second kappa shape index (κ2) is 15.4. The Morgan fingerprint density at radius 1 is 1.02 bits per heavy atom. The first-order valence-electron chi connectivity index (χ1n) is 19.4. The van der Waals surface area contributed by atoms with Gasteiger partial charge in [0.2, 0.25) is 11.8 Å². The number of amides is 2. The quantitative estimate of drug-likeness (QED) is 0.158. The number of pyridine rings is 1. The molecule has 4 heterocycles. The van der Waals surface area contributed by atoms with Gasteiger partial charge < -0.3 is 25.6 Å². The maximum Gasteiger partial charge on any atom is 0.238 e. The number of anilines is 1. The summed E-state index contributed by atoms with van der Waals surface area (Å²) in [5.41, 5.74) is 14.4. The molecule has 3 aliphatic rings. The molecule has 1 saturated carbocycles. The van der Waals surface area contributed by atoms with Gasteiger partial charge in [-0.15, -0.1) is 0 Å². The number of primary amides is 1. The smallest absolute Gasteiger partial charge is 0.238 e. The molecule has 10 nitrogen and oxygen atoms in total. The molecule has 276 valence electrons. The number of rotatable bonds is 13. The zero-order chi connectivity index (χ0) is 36.4. The normalized spacial score (nSPS) is 18.1. The fraction of sp³-hybridized carbons (Fsp3) is 0.524. The molecule has 7 rings (SSSR count). The molecule has 0 unspecified atom stereocenters. The highest BCUT2D eigenvalue weighted by Gasteiger charge is 2.57. The predicted octanol–water partition coefficient (Wildman–Crippen LogP) is 6.26. The summed E-state index contributed by atoms with van der Waals surface area (Å²) >= 11 is 0. The van der Waals surface area contributed by atoms with Gasteiger partial charge in [-0.1, -0.05) is 43.3 Å². The summed E-state index contributed by atoms with van der Waals surface area (Å²) in [5.74, 6) is -0.0319. The van der Waals surface area contributed by atoms with Gasteiger partial charge in [-0.25, -0.2) is 9.67 Å². The third-order valence-corrected chi connectivity index (χ3v) is 11.7. The van der Waals surface area contributed by atoms with Gasteiger partial charge in [-0.3, -0.25) is 9.59 Å². The van der Waals surface area contributed by atoms with Crippen molar-refractivity contribution in [1.29, 1.82) is 0 Å². The van der Waals surface area contributed by atoms with Crippen molar-refractivity contribution in [2.45, 2.75) is 97.8 Å². The van der Waals surface area contributed by atoms with Crippen molar-refractivity contribution in [3.8, 4) is 11.1 Å². The van der Waals surface area contributed by atoms with Crippen molar-refractivity contribution >= 4 is 28.5 Å². The van der Waals surface area contributed by atoms with Crippen molar-refractivity contribution in [1.82, 2.24) is 24.6 Å². The number of benzene rings is 2. The highest BCUT2D eigenvalue weighted by atomic mass is 16.5. The highest BCUT2D eigenvalue weighted by Crippen LogP contribution is 2.48. The van der Waals surface area contributed by atoms with Gasteiger partial charge in [0.05, 0.1) is 17.3 Å². The summed E-state index contributed by atoms with van der Waals surface area (Å²) in [4.78, 5) is 36.7. The Labute approximate surface area is 308 Å². The molecule has 2 amide bonds. The molecular weight excluding hydrogens is 651 g/mol. The second-order valence-corrected chi connectivity index (χ2v) is 15.4. The summed E-state index contributed by atoms with van der Waals surface area (Å²) in [7, 11) is 2.21. The average molecular weight is 706 g/mol. The molecule has 1 aliphatic carbocycles. The van der Waals surface area contributed by atoms with Crippen LogP contribution in [0.25, 0.3) is 22.2 Å². The number of ether oxygens (including phenoxy) is 1. The largest absolute Gasteiger partial charge is 0.381 e. The van der Waals surface area contributed by atoms with E-state index in [1.54, 1.807) is 0 Å². The summed E-state index contributed by atoms with van der Waals surface area (Å²) in [5, 5.41) is 9.48. The Morgan fingerprint density at radius 2 is 1.79 bits per heavy atom. The molecule has 10 heteroatoms. The van der Waals surface area contributed by atoms with Crippen LogP contribution in [0.4, 0.5) is 5.69 Å². The van der Waals surface area contributed by atoms with Crippen molar-refractivity contribution in [3.63, 3.8) is 0 Å².